The Kier molecular flexibility index (Phi) is 5.55. The lowest BCUT2D eigenvalue weighted by Crippen LogP contribution is -2.23. The summed E-state index contributed by atoms with van der Waals surface area (Å²) in [7, 11) is 0. The van der Waals surface area contributed by atoms with Crippen molar-refractivity contribution in [2.75, 3.05) is 11.9 Å². The number of benzene rings is 1. The minimum atomic E-state index is -2.77. The van der Waals surface area contributed by atoms with Crippen LogP contribution >= 0.6 is 11.6 Å². The number of carbonyl (C=O) groups excluding carboxylic acids is 1. The number of nitrogens with zero attached hydrogens (tertiary/aromatic N) is 3. The molecule has 0 saturated carbocycles. The number of anilines is 1. The van der Waals surface area contributed by atoms with Gasteiger partial charge in [-0.25, -0.2) is 13.6 Å². The minimum absolute atomic E-state index is 0.212. The van der Waals surface area contributed by atoms with Gasteiger partial charge in [0.15, 0.2) is 11.7 Å². The van der Waals surface area contributed by atoms with Gasteiger partial charge < -0.3 is 10.1 Å². The van der Waals surface area contributed by atoms with Crippen LogP contribution in [0.15, 0.2) is 36.5 Å². The summed E-state index contributed by atoms with van der Waals surface area (Å²) in [6, 6.07) is 7.60. The SMILES string of the molecule is CCOC(=O)C(Nc1cc(C)c2nnc(C(F)F)n2c1)c1ccc(Cl)cc1. The Hall–Kier alpha value is -2.74. The number of esters is 1. The maximum absolute atomic E-state index is 13.2. The topological polar surface area (TPSA) is 68.5 Å². The Morgan fingerprint density at radius 2 is 2.00 bits per heavy atom. The number of nitrogens with one attached hydrogen (secondary N) is 1. The molecule has 0 bridgehead atoms. The number of hydrogen-bond acceptors (Lipinski definition) is 5. The summed E-state index contributed by atoms with van der Waals surface area (Å²) >= 11 is 5.91. The first-order chi connectivity index (χ1) is 12.9. The third-order valence-electron chi connectivity index (χ3n) is 3.95. The second-order valence-electron chi connectivity index (χ2n) is 5.85. The highest BCUT2D eigenvalue weighted by atomic mass is 35.5. The first-order valence-electron chi connectivity index (χ1n) is 8.22. The van der Waals surface area contributed by atoms with Crippen molar-refractivity contribution in [3.63, 3.8) is 0 Å². The minimum Gasteiger partial charge on any atom is -0.464 e. The molecule has 3 rings (SSSR count). The molecule has 0 aliphatic heterocycles. The van der Waals surface area contributed by atoms with Crippen LogP contribution in [0.5, 0.6) is 0 Å². The fourth-order valence-corrected chi connectivity index (χ4v) is 2.85. The van der Waals surface area contributed by atoms with E-state index in [-0.39, 0.29) is 6.61 Å². The van der Waals surface area contributed by atoms with Gasteiger partial charge in [0.1, 0.15) is 0 Å². The van der Waals surface area contributed by atoms with E-state index < -0.39 is 24.3 Å². The van der Waals surface area contributed by atoms with Crippen LogP contribution in [0.2, 0.25) is 5.02 Å². The predicted octanol–water partition coefficient (Wildman–Crippen LogP) is 4.35. The molecule has 0 radical (unpaired) electrons. The summed E-state index contributed by atoms with van der Waals surface area (Å²) in [6.07, 6.45) is -1.34. The van der Waals surface area contributed by atoms with E-state index in [2.05, 4.69) is 15.5 Å². The van der Waals surface area contributed by atoms with Gasteiger partial charge in [-0.1, -0.05) is 23.7 Å². The van der Waals surface area contributed by atoms with Crippen molar-refractivity contribution >= 4 is 28.9 Å². The zero-order valence-electron chi connectivity index (χ0n) is 14.6. The maximum atomic E-state index is 13.2. The zero-order valence-corrected chi connectivity index (χ0v) is 15.4. The quantitative estimate of drug-likeness (QED) is 0.630. The standard InChI is InChI=1S/C18H17ClF2N4O2/c1-3-27-18(26)14(11-4-6-12(19)7-5-11)22-13-8-10(2)16-23-24-17(15(20)21)25(16)9-13/h4-9,14-15,22H,3H2,1-2H3. The second kappa shape index (κ2) is 7.87. The molecule has 3 aromatic rings. The normalized spacial score (nSPS) is 12.4. The summed E-state index contributed by atoms with van der Waals surface area (Å²) in [5, 5.41) is 10.9. The number of pyridine rings is 1. The van der Waals surface area contributed by atoms with Crippen molar-refractivity contribution in [2.45, 2.75) is 26.3 Å². The van der Waals surface area contributed by atoms with Crippen LogP contribution in [0.1, 0.15) is 36.3 Å². The molecule has 0 aliphatic rings. The highest BCUT2D eigenvalue weighted by molar-refractivity contribution is 6.30. The molecule has 0 saturated heterocycles. The van der Waals surface area contributed by atoms with E-state index in [1.54, 1.807) is 44.2 Å². The summed E-state index contributed by atoms with van der Waals surface area (Å²) in [4.78, 5) is 12.4. The molecule has 6 nitrogen and oxygen atoms in total. The highest BCUT2D eigenvalue weighted by Crippen LogP contribution is 2.26. The number of carbonyl (C=O) groups is 1. The molecular formula is C18H17ClF2N4O2. The Bertz CT molecular complexity index is 960. The fourth-order valence-electron chi connectivity index (χ4n) is 2.73. The van der Waals surface area contributed by atoms with Gasteiger partial charge in [-0.3, -0.25) is 4.40 Å². The van der Waals surface area contributed by atoms with Gasteiger partial charge in [-0.05, 0) is 43.2 Å². The van der Waals surface area contributed by atoms with E-state index in [1.807, 2.05) is 0 Å². The molecule has 27 heavy (non-hydrogen) atoms. The highest BCUT2D eigenvalue weighted by Gasteiger charge is 2.23. The summed E-state index contributed by atoms with van der Waals surface area (Å²) in [5.74, 6) is -0.952. The third kappa shape index (κ3) is 4.00. The molecule has 0 fully saturated rings. The van der Waals surface area contributed by atoms with E-state index in [0.717, 1.165) is 0 Å². The van der Waals surface area contributed by atoms with Gasteiger partial charge in [-0.2, -0.15) is 0 Å². The lowest BCUT2D eigenvalue weighted by Gasteiger charge is -2.19. The van der Waals surface area contributed by atoms with Gasteiger partial charge >= 0.3 is 5.97 Å². The van der Waals surface area contributed by atoms with Crippen molar-refractivity contribution in [3.8, 4) is 0 Å². The second-order valence-corrected chi connectivity index (χ2v) is 6.28. The zero-order chi connectivity index (χ0) is 19.6. The average molecular weight is 395 g/mol. The molecule has 0 amide bonds. The van der Waals surface area contributed by atoms with Crippen molar-refractivity contribution in [2.24, 2.45) is 0 Å². The smallest absolute Gasteiger partial charge is 0.333 e. The molecule has 142 valence electrons. The molecule has 2 heterocycles. The van der Waals surface area contributed by atoms with E-state index in [1.165, 1.54) is 10.6 Å². The van der Waals surface area contributed by atoms with Crippen molar-refractivity contribution in [3.05, 3.63) is 58.5 Å². The van der Waals surface area contributed by atoms with Crippen LogP contribution in [0, 0.1) is 6.92 Å². The van der Waals surface area contributed by atoms with Gasteiger partial charge in [0.05, 0.1) is 12.3 Å². The van der Waals surface area contributed by atoms with Crippen LogP contribution in [-0.4, -0.2) is 27.2 Å². The molecule has 2 aromatic heterocycles. The van der Waals surface area contributed by atoms with Crippen molar-refractivity contribution in [1.82, 2.24) is 14.6 Å². The molecule has 1 aromatic carbocycles. The van der Waals surface area contributed by atoms with Crippen molar-refractivity contribution < 1.29 is 18.3 Å². The molecule has 0 spiro atoms. The molecule has 0 aliphatic carbocycles. The number of aromatic nitrogens is 3. The monoisotopic (exact) mass is 394 g/mol. The maximum Gasteiger partial charge on any atom is 0.333 e. The lowest BCUT2D eigenvalue weighted by atomic mass is 10.1. The molecule has 9 heteroatoms. The number of halogens is 3. The van der Waals surface area contributed by atoms with E-state index in [0.29, 0.717) is 27.5 Å². The first-order valence-corrected chi connectivity index (χ1v) is 8.60. The number of hydrogen-bond donors (Lipinski definition) is 1. The van der Waals surface area contributed by atoms with E-state index in [9.17, 15) is 13.6 Å². The Labute approximate surface area is 159 Å². The van der Waals surface area contributed by atoms with Crippen LogP contribution in [-0.2, 0) is 9.53 Å². The summed E-state index contributed by atoms with van der Waals surface area (Å²) in [5.41, 5.74) is 2.05. The Balaban J connectivity index is 2.01. The van der Waals surface area contributed by atoms with Crippen LogP contribution in [0.25, 0.3) is 5.65 Å². The molecule has 1 N–H and O–H groups in total. The van der Waals surface area contributed by atoms with E-state index >= 15 is 0 Å². The lowest BCUT2D eigenvalue weighted by molar-refractivity contribution is -0.144. The number of ether oxygens (including phenoxy) is 1. The van der Waals surface area contributed by atoms with E-state index in [4.69, 9.17) is 16.3 Å². The first kappa shape index (κ1) is 19.0. The molecular weight excluding hydrogens is 378 g/mol. The van der Waals surface area contributed by atoms with Crippen molar-refractivity contribution in [1.29, 1.82) is 0 Å². The Morgan fingerprint density at radius 3 is 2.63 bits per heavy atom. The van der Waals surface area contributed by atoms with Gasteiger partial charge in [0.25, 0.3) is 6.43 Å². The number of alkyl halides is 2. The average Bonchev–Trinajstić information content (AvgIpc) is 3.05. The predicted molar refractivity (Wildman–Crippen MR) is 97.1 cm³/mol. The number of aryl methyl sites for hydroxylation is 1. The van der Waals surface area contributed by atoms with Crippen LogP contribution < -0.4 is 5.32 Å². The third-order valence-corrected chi connectivity index (χ3v) is 4.20. The largest absolute Gasteiger partial charge is 0.464 e. The molecule has 1 unspecified atom stereocenters. The molecule has 1 atom stereocenters. The van der Waals surface area contributed by atoms with Crippen LogP contribution in [0.4, 0.5) is 14.5 Å². The number of fused-ring (bicyclic) bond motifs is 1. The number of rotatable bonds is 6. The van der Waals surface area contributed by atoms with Gasteiger partial charge in [0.2, 0.25) is 5.82 Å². The van der Waals surface area contributed by atoms with Gasteiger partial charge in [-0.15, -0.1) is 10.2 Å². The van der Waals surface area contributed by atoms with Crippen LogP contribution in [0.3, 0.4) is 0 Å². The van der Waals surface area contributed by atoms with Gasteiger partial charge in [0, 0.05) is 11.2 Å². The summed E-state index contributed by atoms with van der Waals surface area (Å²) < 4.78 is 32.7. The Morgan fingerprint density at radius 1 is 1.30 bits per heavy atom. The summed E-state index contributed by atoms with van der Waals surface area (Å²) in [6.45, 7) is 3.65. The fraction of sp³-hybridized carbons (Fsp3) is 0.278.